The maximum absolute atomic E-state index is 12.7. The van der Waals surface area contributed by atoms with E-state index < -0.39 is 12.0 Å². The van der Waals surface area contributed by atoms with E-state index in [2.05, 4.69) is 15.4 Å². The summed E-state index contributed by atoms with van der Waals surface area (Å²) in [6.45, 7) is 0.935. The maximum atomic E-state index is 12.7. The first-order chi connectivity index (χ1) is 14.1. The molecule has 2 aromatic rings. The largest absolute Gasteiger partial charge is 0.469 e. The molecule has 8 heteroatoms. The molecule has 1 aliphatic rings. The number of para-hydroxylation sites is 1. The Labute approximate surface area is 173 Å². The van der Waals surface area contributed by atoms with Crippen LogP contribution in [0.5, 0.6) is 0 Å². The minimum atomic E-state index is -0.712. The first-order valence-electron chi connectivity index (χ1n) is 9.27. The van der Waals surface area contributed by atoms with Crippen LogP contribution in [-0.2, 0) is 19.1 Å². The average molecular weight is 413 g/mol. The predicted molar refractivity (Wildman–Crippen MR) is 111 cm³/mol. The number of carbonyl (C=O) groups excluding carboxylic acids is 3. The Balaban J connectivity index is 1.67. The van der Waals surface area contributed by atoms with Crippen LogP contribution in [0.1, 0.15) is 6.42 Å². The van der Waals surface area contributed by atoms with Crippen LogP contribution in [0.15, 0.2) is 64.4 Å². The Morgan fingerprint density at radius 2 is 1.90 bits per heavy atom. The van der Waals surface area contributed by atoms with Gasteiger partial charge in [0, 0.05) is 22.9 Å². The second kappa shape index (κ2) is 10.1. The number of ether oxygens (including phenoxy) is 1. The van der Waals surface area contributed by atoms with E-state index in [1.807, 2.05) is 54.6 Å². The van der Waals surface area contributed by atoms with Crippen LogP contribution in [-0.4, -0.2) is 55.5 Å². The van der Waals surface area contributed by atoms with E-state index in [9.17, 15) is 14.4 Å². The molecule has 0 aromatic heterocycles. The van der Waals surface area contributed by atoms with Gasteiger partial charge in [0.15, 0.2) is 0 Å². The standard InChI is InChI=1S/C21H23N3O4S/c1-28-20(26)13-17-21(27)22-11-12-24(17)14-19(25)23-16-9-5-6-10-18(16)29-15-7-3-2-4-8-15/h2-10,17H,11-14H2,1H3,(H,22,27)(H,23,25)/t17-/m0/s1. The lowest BCUT2D eigenvalue weighted by molar-refractivity contribution is -0.146. The Kier molecular flexibility index (Phi) is 7.26. The van der Waals surface area contributed by atoms with Crippen molar-refractivity contribution in [1.29, 1.82) is 0 Å². The third kappa shape index (κ3) is 5.82. The summed E-state index contributed by atoms with van der Waals surface area (Å²) in [5.74, 6) is -0.993. The Morgan fingerprint density at radius 1 is 1.17 bits per heavy atom. The first kappa shape index (κ1) is 20.9. The molecule has 7 nitrogen and oxygen atoms in total. The van der Waals surface area contributed by atoms with Gasteiger partial charge in [0.05, 0.1) is 25.8 Å². The lowest BCUT2D eigenvalue weighted by Gasteiger charge is -2.33. The van der Waals surface area contributed by atoms with Gasteiger partial charge in [-0.05, 0) is 24.3 Å². The number of esters is 1. The maximum Gasteiger partial charge on any atom is 0.307 e. The molecular formula is C21H23N3O4S. The molecule has 0 unspecified atom stereocenters. The van der Waals surface area contributed by atoms with Crippen LogP contribution in [0.2, 0.25) is 0 Å². The lowest BCUT2D eigenvalue weighted by atomic mass is 10.1. The van der Waals surface area contributed by atoms with Gasteiger partial charge in [-0.2, -0.15) is 0 Å². The molecule has 2 N–H and O–H groups in total. The summed E-state index contributed by atoms with van der Waals surface area (Å²) in [5, 5.41) is 5.66. The molecule has 3 rings (SSSR count). The summed E-state index contributed by atoms with van der Waals surface area (Å²) in [6, 6.07) is 16.8. The van der Waals surface area contributed by atoms with Gasteiger partial charge in [0.2, 0.25) is 11.8 Å². The van der Waals surface area contributed by atoms with E-state index >= 15 is 0 Å². The van der Waals surface area contributed by atoms with Gasteiger partial charge >= 0.3 is 5.97 Å². The van der Waals surface area contributed by atoms with E-state index in [-0.39, 0.29) is 24.8 Å². The molecule has 1 fully saturated rings. The molecule has 1 saturated heterocycles. The number of carbonyl (C=O) groups is 3. The third-order valence-electron chi connectivity index (χ3n) is 4.51. The van der Waals surface area contributed by atoms with Gasteiger partial charge in [-0.3, -0.25) is 19.3 Å². The van der Waals surface area contributed by atoms with Crippen LogP contribution in [0.3, 0.4) is 0 Å². The molecule has 152 valence electrons. The molecule has 1 heterocycles. The normalized spacial score (nSPS) is 16.7. The number of benzene rings is 2. The summed E-state index contributed by atoms with van der Waals surface area (Å²) in [4.78, 5) is 40.2. The van der Waals surface area contributed by atoms with Gasteiger partial charge < -0.3 is 15.4 Å². The predicted octanol–water partition coefficient (Wildman–Crippen LogP) is 2.14. The molecule has 2 aromatic carbocycles. The van der Waals surface area contributed by atoms with Crippen molar-refractivity contribution in [2.75, 3.05) is 32.1 Å². The van der Waals surface area contributed by atoms with Gasteiger partial charge in [-0.25, -0.2) is 0 Å². The SMILES string of the molecule is COC(=O)C[C@H]1C(=O)NCCN1CC(=O)Nc1ccccc1Sc1ccccc1. The molecule has 1 aliphatic heterocycles. The van der Waals surface area contributed by atoms with E-state index in [1.165, 1.54) is 7.11 Å². The molecule has 0 saturated carbocycles. The van der Waals surface area contributed by atoms with E-state index in [4.69, 9.17) is 0 Å². The van der Waals surface area contributed by atoms with Crippen LogP contribution in [0, 0.1) is 0 Å². The number of anilines is 1. The second-order valence-electron chi connectivity index (χ2n) is 6.52. The zero-order chi connectivity index (χ0) is 20.6. The quantitative estimate of drug-likeness (QED) is 0.677. The van der Waals surface area contributed by atoms with Crippen molar-refractivity contribution in [2.45, 2.75) is 22.3 Å². The smallest absolute Gasteiger partial charge is 0.307 e. The molecule has 0 aliphatic carbocycles. The number of hydrogen-bond donors (Lipinski definition) is 2. The minimum Gasteiger partial charge on any atom is -0.469 e. The minimum absolute atomic E-state index is 0.0133. The highest BCUT2D eigenvalue weighted by Gasteiger charge is 2.33. The molecule has 0 spiro atoms. The van der Waals surface area contributed by atoms with E-state index in [0.29, 0.717) is 18.8 Å². The highest BCUT2D eigenvalue weighted by atomic mass is 32.2. The van der Waals surface area contributed by atoms with Gasteiger partial charge in [-0.1, -0.05) is 42.1 Å². The van der Waals surface area contributed by atoms with E-state index in [0.717, 1.165) is 9.79 Å². The number of piperazine rings is 1. The lowest BCUT2D eigenvalue weighted by Crippen LogP contribution is -2.57. The second-order valence-corrected chi connectivity index (χ2v) is 7.63. The zero-order valence-corrected chi connectivity index (χ0v) is 16.9. The molecule has 0 radical (unpaired) electrons. The number of methoxy groups -OCH3 is 1. The van der Waals surface area contributed by atoms with Crippen LogP contribution < -0.4 is 10.6 Å². The van der Waals surface area contributed by atoms with Gasteiger partial charge in [-0.15, -0.1) is 0 Å². The zero-order valence-electron chi connectivity index (χ0n) is 16.1. The summed E-state index contributed by atoms with van der Waals surface area (Å²) in [7, 11) is 1.28. The van der Waals surface area contributed by atoms with Crippen LogP contribution >= 0.6 is 11.8 Å². The fourth-order valence-corrected chi connectivity index (χ4v) is 3.99. The van der Waals surface area contributed by atoms with Gasteiger partial charge in [0.1, 0.15) is 6.04 Å². The summed E-state index contributed by atoms with van der Waals surface area (Å²) in [5.41, 5.74) is 0.706. The van der Waals surface area contributed by atoms with Crippen molar-refractivity contribution >= 4 is 35.2 Å². The van der Waals surface area contributed by atoms with Crippen molar-refractivity contribution in [1.82, 2.24) is 10.2 Å². The van der Waals surface area contributed by atoms with Crippen molar-refractivity contribution in [2.24, 2.45) is 0 Å². The fourth-order valence-electron chi connectivity index (χ4n) is 3.06. The molecule has 2 amide bonds. The van der Waals surface area contributed by atoms with Crippen LogP contribution in [0.4, 0.5) is 5.69 Å². The van der Waals surface area contributed by atoms with Crippen LogP contribution in [0.25, 0.3) is 0 Å². The molecular weight excluding hydrogens is 390 g/mol. The summed E-state index contributed by atoms with van der Waals surface area (Å²) < 4.78 is 4.67. The number of nitrogens with zero attached hydrogens (tertiary/aromatic N) is 1. The number of amides is 2. The molecule has 1 atom stereocenters. The first-order valence-corrected chi connectivity index (χ1v) is 10.1. The van der Waals surface area contributed by atoms with E-state index in [1.54, 1.807) is 16.7 Å². The Bertz CT molecular complexity index is 875. The van der Waals surface area contributed by atoms with Crippen molar-refractivity contribution < 1.29 is 19.1 Å². The van der Waals surface area contributed by atoms with Gasteiger partial charge in [0.25, 0.3) is 0 Å². The summed E-state index contributed by atoms with van der Waals surface area (Å²) >= 11 is 1.56. The molecule has 0 bridgehead atoms. The van der Waals surface area contributed by atoms with Crippen molar-refractivity contribution in [3.63, 3.8) is 0 Å². The topological polar surface area (TPSA) is 87.7 Å². The highest BCUT2D eigenvalue weighted by Crippen LogP contribution is 2.33. The highest BCUT2D eigenvalue weighted by molar-refractivity contribution is 7.99. The fraction of sp³-hybridized carbons (Fsp3) is 0.286. The number of rotatable bonds is 7. The number of nitrogens with one attached hydrogen (secondary N) is 2. The van der Waals surface area contributed by atoms with Crippen molar-refractivity contribution in [3.8, 4) is 0 Å². The molecule has 29 heavy (non-hydrogen) atoms. The number of hydrogen-bond acceptors (Lipinski definition) is 6. The monoisotopic (exact) mass is 413 g/mol. The van der Waals surface area contributed by atoms with Crippen molar-refractivity contribution in [3.05, 3.63) is 54.6 Å². The average Bonchev–Trinajstić information content (AvgIpc) is 2.72. The Morgan fingerprint density at radius 3 is 2.66 bits per heavy atom. The third-order valence-corrected chi connectivity index (χ3v) is 5.59. The Hall–Kier alpha value is -2.84. The summed E-state index contributed by atoms with van der Waals surface area (Å²) in [6.07, 6.45) is -0.0872.